The van der Waals surface area contributed by atoms with Gasteiger partial charge in [0.25, 0.3) is 5.91 Å². The molecule has 1 aliphatic rings. The molecule has 1 heterocycles. The second kappa shape index (κ2) is 6.26. The highest BCUT2D eigenvalue weighted by Gasteiger charge is 2.23. The Morgan fingerprint density at radius 1 is 1.10 bits per heavy atom. The van der Waals surface area contributed by atoms with Crippen molar-refractivity contribution in [2.75, 3.05) is 33.3 Å². The zero-order valence-corrected chi connectivity index (χ0v) is 13.1. The van der Waals surface area contributed by atoms with E-state index in [1.54, 1.807) is 36.0 Å². The summed E-state index contributed by atoms with van der Waals surface area (Å²) in [6.45, 7) is 3.86. The molecule has 5 nitrogen and oxygen atoms in total. The molecule has 6 heteroatoms. The minimum atomic E-state index is -0.0344. The topological polar surface area (TPSA) is 49.9 Å². The fourth-order valence-corrected chi connectivity index (χ4v) is 2.68. The summed E-state index contributed by atoms with van der Waals surface area (Å²) in [5.74, 6) is 0.666. The Morgan fingerprint density at radius 3 is 2.25 bits per heavy atom. The molecule has 2 rings (SSSR count). The third-order valence-electron chi connectivity index (χ3n) is 3.37. The third-order valence-corrected chi connectivity index (χ3v) is 3.82. The van der Waals surface area contributed by atoms with Crippen LogP contribution in [0.1, 0.15) is 17.3 Å². The van der Waals surface area contributed by atoms with Gasteiger partial charge in [-0.15, -0.1) is 0 Å². The molecule has 1 aromatic rings. The summed E-state index contributed by atoms with van der Waals surface area (Å²) in [5.41, 5.74) is 0.590. The zero-order valence-electron chi connectivity index (χ0n) is 11.6. The number of hydrogen-bond acceptors (Lipinski definition) is 3. The fourth-order valence-electron chi connectivity index (χ4n) is 2.21. The van der Waals surface area contributed by atoms with Crippen molar-refractivity contribution in [2.45, 2.75) is 6.92 Å². The molecular formula is C14H17BrN2O3. The number of methoxy groups -OCH3 is 1. The number of rotatable bonds is 2. The van der Waals surface area contributed by atoms with Crippen molar-refractivity contribution in [1.82, 2.24) is 9.80 Å². The van der Waals surface area contributed by atoms with E-state index in [4.69, 9.17) is 4.74 Å². The van der Waals surface area contributed by atoms with Gasteiger partial charge in [-0.3, -0.25) is 9.59 Å². The number of piperazine rings is 1. The van der Waals surface area contributed by atoms with E-state index in [9.17, 15) is 9.59 Å². The monoisotopic (exact) mass is 340 g/mol. The molecule has 0 unspecified atom stereocenters. The second-order valence-electron chi connectivity index (χ2n) is 4.68. The minimum Gasteiger partial charge on any atom is -0.497 e. The van der Waals surface area contributed by atoms with Crippen LogP contribution in [0, 0.1) is 0 Å². The summed E-state index contributed by atoms with van der Waals surface area (Å²) < 4.78 is 5.98. The fraction of sp³-hybridized carbons (Fsp3) is 0.429. The van der Waals surface area contributed by atoms with Crippen LogP contribution in [0.3, 0.4) is 0 Å². The van der Waals surface area contributed by atoms with Crippen molar-refractivity contribution >= 4 is 27.7 Å². The largest absolute Gasteiger partial charge is 0.497 e. The van der Waals surface area contributed by atoms with Gasteiger partial charge in [-0.05, 0) is 18.2 Å². The zero-order chi connectivity index (χ0) is 14.7. The Hall–Kier alpha value is -1.56. The first-order chi connectivity index (χ1) is 9.51. The van der Waals surface area contributed by atoms with Gasteiger partial charge in [0.15, 0.2) is 0 Å². The summed E-state index contributed by atoms with van der Waals surface area (Å²) >= 11 is 3.37. The van der Waals surface area contributed by atoms with E-state index in [0.29, 0.717) is 37.5 Å². The van der Waals surface area contributed by atoms with Gasteiger partial charge in [-0.2, -0.15) is 0 Å². The Morgan fingerprint density at radius 2 is 1.70 bits per heavy atom. The van der Waals surface area contributed by atoms with Crippen LogP contribution in [0.4, 0.5) is 0 Å². The summed E-state index contributed by atoms with van der Waals surface area (Å²) in [4.78, 5) is 27.2. The molecule has 1 aromatic carbocycles. The number of benzene rings is 1. The van der Waals surface area contributed by atoms with Crippen molar-refractivity contribution < 1.29 is 14.3 Å². The maximum atomic E-state index is 12.4. The van der Waals surface area contributed by atoms with Crippen LogP contribution in [0.5, 0.6) is 5.75 Å². The van der Waals surface area contributed by atoms with E-state index in [1.807, 2.05) is 6.07 Å². The first kappa shape index (κ1) is 14.8. The van der Waals surface area contributed by atoms with E-state index in [-0.39, 0.29) is 11.8 Å². The molecule has 20 heavy (non-hydrogen) atoms. The highest BCUT2D eigenvalue weighted by atomic mass is 79.9. The second-order valence-corrected chi connectivity index (χ2v) is 5.59. The Bertz CT molecular complexity index is 525. The van der Waals surface area contributed by atoms with E-state index < -0.39 is 0 Å². The highest BCUT2D eigenvalue weighted by molar-refractivity contribution is 9.10. The lowest BCUT2D eigenvalue weighted by molar-refractivity contribution is -0.130. The Labute approximate surface area is 126 Å². The van der Waals surface area contributed by atoms with Gasteiger partial charge in [0, 0.05) is 43.1 Å². The van der Waals surface area contributed by atoms with Gasteiger partial charge >= 0.3 is 0 Å². The van der Waals surface area contributed by atoms with Crippen LogP contribution in [0.25, 0.3) is 0 Å². The maximum Gasteiger partial charge on any atom is 0.254 e. The molecule has 0 saturated carbocycles. The van der Waals surface area contributed by atoms with Gasteiger partial charge < -0.3 is 14.5 Å². The number of halogens is 1. The molecular weight excluding hydrogens is 324 g/mol. The molecule has 1 saturated heterocycles. The summed E-state index contributed by atoms with van der Waals surface area (Å²) in [5, 5.41) is 0. The summed E-state index contributed by atoms with van der Waals surface area (Å²) in [7, 11) is 1.57. The molecule has 0 spiro atoms. The van der Waals surface area contributed by atoms with Gasteiger partial charge in [-0.1, -0.05) is 15.9 Å². The minimum absolute atomic E-state index is 0.0344. The summed E-state index contributed by atoms with van der Waals surface area (Å²) in [6.07, 6.45) is 0. The van der Waals surface area contributed by atoms with E-state index in [2.05, 4.69) is 15.9 Å². The lowest BCUT2D eigenvalue weighted by atomic mass is 10.1. The predicted octanol–water partition coefficient (Wildman–Crippen LogP) is 1.76. The molecule has 0 aliphatic carbocycles. The first-order valence-electron chi connectivity index (χ1n) is 6.40. The molecule has 1 fully saturated rings. The molecule has 1 aliphatic heterocycles. The van der Waals surface area contributed by atoms with Gasteiger partial charge in [0.1, 0.15) is 5.75 Å². The molecule has 0 atom stereocenters. The van der Waals surface area contributed by atoms with E-state index >= 15 is 0 Å². The number of hydrogen-bond donors (Lipinski definition) is 0. The van der Waals surface area contributed by atoms with Crippen LogP contribution < -0.4 is 4.74 Å². The Balaban J connectivity index is 2.09. The lowest BCUT2D eigenvalue weighted by Crippen LogP contribution is -2.50. The van der Waals surface area contributed by atoms with Crippen LogP contribution in [-0.4, -0.2) is 54.9 Å². The lowest BCUT2D eigenvalue weighted by Gasteiger charge is -2.34. The van der Waals surface area contributed by atoms with Crippen molar-refractivity contribution in [3.05, 3.63) is 28.2 Å². The third kappa shape index (κ3) is 3.30. The van der Waals surface area contributed by atoms with Crippen molar-refractivity contribution in [3.8, 4) is 5.75 Å². The molecule has 0 bridgehead atoms. The van der Waals surface area contributed by atoms with Crippen LogP contribution in [0.15, 0.2) is 22.7 Å². The standard InChI is InChI=1S/C14H17BrN2O3/c1-10(18)16-3-5-17(6-4-16)14(19)11-7-12(15)9-13(8-11)20-2/h7-9H,3-6H2,1-2H3. The van der Waals surface area contributed by atoms with Crippen molar-refractivity contribution in [3.63, 3.8) is 0 Å². The molecule has 2 amide bonds. The number of carbonyl (C=O) groups excluding carboxylic acids is 2. The number of amides is 2. The molecule has 0 radical (unpaired) electrons. The van der Waals surface area contributed by atoms with Gasteiger partial charge in [-0.25, -0.2) is 0 Å². The van der Waals surface area contributed by atoms with Crippen molar-refractivity contribution in [1.29, 1.82) is 0 Å². The average Bonchev–Trinajstić information content (AvgIpc) is 2.45. The van der Waals surface area contributed by atoms with E-state index in [0.717, 1.165) is 4.47 Å². The van der Waals surface area contributed by atoms with Gasteiger partial charge in [0.2, 0.25) is 5.91 Å². The van der Waals surface area contributed by atoms with Crippen LogP contribution >= 0.6 is 15.9 Å². The van der Waals surface area contributed by atoms with Gasteiger partial charge in [0.05, 0.1) is 7.11 Å². The molecule has 108 valence electrons. The highest BCUT2D eigenvalue weighted by Crippen LogP contribution is 2.22. The number of ether oxygens (including phenoxy) is 1. The quantitative estimate of drug-likeness (QED) is 0.824. The molecule has 0 aromatic heterocycles. The van der Waals surface area contributed by atoms with Crippen molar-refractivity contribution in [2.24, 2.45) is 0 Å². The van der Waals surface area contributed by atoms with Crippen LogP contribution in [-0.2, 0) is 4.79 Å². The number of carbonyl (C=O) groups is 2. The maximum absolute atomic E-state index is 12.4. The first-order valence-corrected chi connectivity index (χ1v) is 7.20. The average molecular weight is 341 g/mol. The summed E-state index contributed by atoms with van der Waals surface area (Å²) in [6, 6.07) is 5.32. The Kier molecular flexibility index (Phi) is 4.65. The smallest absolute Gasteiger partial charge is 0.254 e. The predicted molar refractivity (Wildman–Crippen MR) is 78.9 cm³/mol. The normalized spacial score (nSPS) is 15.2. The number of nitrogens with zero attached hydrogens (tertiary/aromatic N) is 2. The van der Waals surface area contributed by atoms with E-state index in [1.165, 1.54) is 0 Å². The SMILES string of the molecule is COc1cc(Br)cc(C(=O)N2CCN(C(C)=O)CC2)c1. The molecule has 0 N–H and O–H groups in total. The van der Waals surface area contributed by atoms with Crippen LogP contribution in [0.2, 0.25) is 0 Å².